The van der Waals surface area contributed by atoms with Crippen molar-refractivity contribution in [2.75, 3.05) is 43.4 Å². The summed E-state index contributed by atoms with van der Waals surface area (Å²) in [4.78, 5) is 16.5. The molecule has 0 radical (unpaired) electrons. The summed E-state index contributed by atoms with van der Waals surface area (Å²) >= 11 is 11.6. The van der Waals surface area contributed by atoms with Gasteiger partial charge in [-0.25, -0.2) is 0 Å². The second-order valence-corrected chi connectivity index (χ2v) is 7.57. The minimum Gasteiger partial charge on any atom is -0.346 e. The van der Waals surface area contributed by atoms with Crippen LogP contribution in [0.25, 0.3) is 0 Å². The van der Waals surface area contributed by atoms with Crippen molar-refractivity contribution in [2.45, 2.75) is 13.3 Å². The summed E-state index contributed by atoms with van der Waals surface area (Å²) in [6, 6.07) is 15.6. The van der Waals surface area contributed by atoms with Crippen LogP contribution in [0.1, 0.15) is 12.5 Å². The predicted octanol–water partition coefficient (Wildman–Crippen LogP) is 3.86. The van der Waals surface area contributed by atoms with E-state index in [1.807, 2.05) is 12.1 Å². The largest absolute Gasteiger partial charge is 0.346 e. The molecule has 3 rings (SSSR count). The van der Waals surface area contributed by atoms with Gasteiger partial charge in [-0.15, -0.1) is 0 Å². The molecule has 1 fully saturated rings. The Morgan fingerprint density at radius 3 is 2.36 bits per heavy atom. The standard InChI is InChI=1S/C21H25ClN4OS/c1-2-16-7-9-17(10-8-16)23-21(28)26-13-11-25(12-14-26)15-20(27)24-19-6-4-3-5-18(19)22/h3-10H,2,11-15H2,1H3,(H,23,28)(H,24,27). The lowest BCUT2D eigenvalue weighted by Gasteiger charge is -2.35. The highest BCUT2D eigenvalue weighted by Gasteiger charge is 2.21. The van der Waals surface area contributed by atoms with Gasteiger partial charge in [-0.3, -0.25) is 9.69 Å². The molecule has 1 aliphatic heterocycles. The number of carbonyl (C=O) groups excluding carboxylic acids is 1. The van der Waals surface area contributed by atoms with E-state index in [1.54, 1.807) is 12.1 Å². The molecule has 7 heteroatoms. The molecular weight excluding hydrogens is 392 g/mol. The van der Waals surface area contributed by atoms with Crippen molar-refractivity contribution < 1.29 is 4.79 Å². The zero-order valence-electron chi connectivity index (χ0n) is 16.0. The van der Waals surface area contributed by atoms with Crippen LogP contribution in [0.5, 0.6) is 0 Å². The summed E-state index contributed by atoms with van der Waals surface area (Å²) in [5.74, 6) is -0.0572. The molecule has 2 aromatic carbocycles. The van der Waals surface area contributed by atoms with Gasteiger partial charge in [-0.05, 0) is 48.5 Å². The number of carbonyl (C=O) groups is 1. The lowest BCUT2D eigenvalue weighted by Crippen LogP contribution is -2.51. The van der Waals surface area contributed by atoms with Gasteiger partial charge in [0.2, 0.25) is 5.91 Å². The third kappa shape index (κ3) is 5.67. The van der Waals surface area contributed by atoms with Crippen LogP contribution in [0.2, 0.25) is 5.02 Å². The minimum absolute atomic E-state index is 0.0572. The molecule has 0 spiro atoms. The van der Waals surface area contributed by atoms with Crippen LogP contribution in [-0.4, -0.2) is 53.5 Å². The van der Waals surface area contributed by atoms with E-state index >= 15 is 0 Å². The maximum absolute atomic E-state index is 12.3. The van der Waals surface area contributed by atoms with Crippen molar-refractivity contribution in [1.82, 2.24) is 9.80 Å². The number of anilines is 2. The van der Waals surface area contributed by atoms with E-state index in [0.29, 0.717) is 17.3 Å². The number of nitrogens with zero attached hydrogens (tertiary/aromatic N) is 2. The highest BCUT2D eigenvalue weighted by atomic mass is 35.5. The average molecular weight is 417 g/mol. The van der Waals surface area contributed by atoms with Crippen LogP contribution in [-0.2, 0) is 11.2 Å². The average Bonchev–Trinajstić information content (AvgIpc) is 2.71. The maximum Gasteiger partial charge on any atom is 0.238 e. The van der Waals surface area contributed by atoms with Crippen molar-refractivity contribution in [2.24, 2.45) is 0 Å². The van der Waals surface area contributed by atoms with Crippen LogP contribution in [0.15, 0.2) is 48.5 Å². The van der Waals surface area contributed by atoms with Crippen LogP contribution < -0.4 is 10.6 Å². The summed E-state index contributed by atoms with van der Waals surface area (Å²) in [6.07, 6.45) is 1.02. The second kappa shape index (κ2) is 9.87. The van der Waals surface area contributed by atoms with E-state index < -0.39 is 0 Å². The Labute approximate surface area is 176 Å². The van der Waals surface area contributed by atoms with Crippen LogP contribution in [0.4, 0.5) is 11.4 Å². The molecule has 1 heterocycles. The molecule has 0 aromatic heterocycles. The monoisotopic (exact) mass is 416 g/mol. The molecule has 1 amide bonds. The number of para-hydroxylation sites is 1. The third-order valence-electron chi connectivity index (χ3n) is 4.79. The number of halogens is 1. The van der Waals surface area contributed by atoms with Gasteiger partial charge >= 0.3 is 0 Å². The SMILES string of the molecule is CCc1ccc(NC(=S)N2CCN(CC(=O)Nc3ccccc3Cl)CC2)cc1. The Morgan fingerprint density at radius 1 is 1.04 bits per heavy atom. The van der Waals surface area contributed by atoms with Gasteiger partial charge in [0.15, 0.2) is 5.11 Å². The topological polar surface area (TPSA) is 47.6 Å². The van der Waals surface area contributed by atoms with Gasteiger partial charge in [-0.1, -0.05) is 42.8 Å². The molecule has 0 atom stereocenters. The molecule has 148 valence electrons. The molecular formula is C21H25ClN4OS. The van der Waals surface area contributed by atoms with Crippen molar-refractivity contribution >= 4 is 46.2 Å². The van der Waals surface area contributed by atoms with Gasteiger partial charge in [0, 0.05) is 31.9 Å². The van der Waals surface area contributed by atoms with Crippen molar-refractivity contribution in [3.63, 3.8) is 0 Å². The van der Waals surface area contributed by atoms with Crippen molar-refractivity contribution in [3.8, 4) is 0 Å². The van der Waals surface area contributed by atoms with Gasteiger partial charge in [0.05, 0.1) is 17.3 Å². The summed E-state index contributed by atoms with van der Waals surface area (Å²) in [5.41, 5.74) is 2.95. The molecule has 0 saturated carbocycles. The molecule has 0 aliphatic carbocycles. The molecule has 0 bridgehead atoms. The van der Waals surface area contributed by atoms with E-state index in [2.05, 4.69) is 51.6 Å². The van der Waals surface area contributed by atoms with E-state index in [4.69, 9.17) is 23.8 Å². The molecule has 0 unspecified atom stereocenters. The smallest absolute Gasteiger partial charge is 0.238 e. The first-order valence-corrected chi connectivity index (χ1v) is 10.3. The molecule has 1 aliphatic rings. The lowest BCUT2D eigenvalue weighted by atomic mass is 10.1. The van der Waals surface area contributed by atoms with Crippen LogP contribution in [0, 0.1) is 0 Å². The van der Waals surface area contributed by atoms with Gasteiger partial charge < -0.3 is 15.5 Å². The summed E-state index contributed by atoms with van der Waals surface area (Å²) < 4.78 is 0. The Bertz CT molecular complexity index is 819. The Hall–Kier alpha value is -2.15. The minimum atomic E-state index is -0.0572. The number of rotatable bonds is 5. The van der Waals surface area contributed by atoms with Gasteiger partial charge in [-0.2, -0.15) is 0 Å². The molecule has 28 heavy (non-hydrogen) atoms. The Balaban J connectivity index is 1.44. The Kier molecular flexibility index (Phi) is 7.25. The van der Waals surface area contributed by atoms with E-state index in [-0.39, 0.29) is 5.91 Å². The predicted molar refractivity (Wildman–Crippen MR) is 120 cm³/mol. The fourth-order valence-electron chi connectivity index (χ4n) is 3.09. The third-order valence-corrected chi connectivity index (χ3v) is 5.48. The second-order valence-electron chi connectivity index (χ2n) is 6.77. The molecule has 2 aromatic rings. The lowest BCUT2D eigenvalue weighted by molar-refractivity contribution is -0.117. The first kappa shape index (κ1) is 20.6. The van der Waals surface area contributed by atoms with Crippen molar-refractivity contribution in [1.29, 1.82) is 0 Å². The number of hydrogen-bond donors (Lipinski definition) is 2. The van der Waals surface area contributed by atoms with Crippen molar-refractivity contribution in [3.05, 3.63) is 59.1 Å². The highest BCUT2D eigenvalue weighted by Crippen LogP contribution is 2.20. The number of piperazine rings is 1. The summed E-state index contributed by atoms with van der Waals surface area (Å²) in [5, 5.41) is 7.44. The maximum atomic E-state index is 12.3. The number of aryl methyl sites for hydroxylation is 1. The zero-order chi connectivity index (χ0) is 19.9. The zero-order valence-corrected chi connectivity index (χ0v) is 17.5. The van der Waals surface area contributed by atoms with Gasteiger partial charge in [0.1, 0.15) is 0 Å². The van der Waals surface area contributed by atoms with Crippen LogP contribution >= 0.6 is 23.8 Å². The first-order chi connectivity index (χ1) is 13.5. The number of hydrogen-bond acceptors (Lipinski definition) is 3. The van der Waals surface area contributed by atoms with Gasteiger partial charge in [0.25, 0.3) is 0 Å². The normalized spacial score (nSPS) is 14.6. The first-order valence-electron chi connectivity index (χ1n) is 9.46. The van der Waals surface area contributed by atoms with E-state index in [0.717, 1.165) is 43.4 Å². The summed E-state index contributed by atoms with van der Waals surface area (Å²) in [7, 11) is 0. The molecule has 1 saturated heterocycles. The summed E-state index contributed by atoms with van der Waals surface area (Å²) in [6.45, 7) is 5.63. The van der Waals surface area contributed by atoms with E-state index in [9.17, 15) is 4.79 Å². The number of benzene rings is 2. The number of nitrogens with one attached hydrogen (secondary N) is 2. The Morgan fingerprint density at radius 2 is 1.71 bits per heavy atom. The fourth-order valence-corrected chi connectivity index (χ4v) is 3.57. The molecule has 2 N–H and O–H groups in total. The van der Waals surface area contributed by atoms with E-state index in [1.165, 1.54) is 5.56 Å². The number of amides is 1. The molecule has 5 nitrogen and oxygen atoms in total. The quantitative estimate of drug-likeness (QED) is 0.725. The number of thiocarbonyl (C=S) groups is 1. The highest BCUT2D eigenvalue weighted by molar-refractivity contribution is 7.80. The van der Waals surface area contributed by atoms with Crippen LogP contribution in [0.3, 0.4) is 0 Å². The fraction of sp³-hybridized carbons (Fsp3) is 0.333.